The fourth-order valence-electron chi connectivity index (χ4n) is 3.27. The van der Waals surface area contributed by atoms with Gasteiger partial charge in [-0.15, -0.1) is 0 Å². The SMILES string of the molecule is CCOC(=O)N1CCC(NC(c2ccc(Cl)cc2)c2cccnc2)CC1. The lowest BCUT2D eigenvalue weighted by Crippen LogP contribution is -2.46. The standard InChI is InChI=1S/C20H24ClN3O2/c1-2-26-20(25)24-12-9-18(10-13-24)23-19(16-4-3-11-22-14-16)15-5-7-17(21)8-6-15/h3-8,11,14,18-19,23H,2,9-10,12-13H2,1H3. The summed E-state index contributed by atoms with van der Waals surface area (Å²) in [4.78, 5) is 17.9. The number of aromatic nitrogens is 1. The number of hydrogen-bond donors (Lipinski definition) is 1. The molecule has 1 unspecified atom stereocenters. The van der Waals surface area contributed by atoms with E-state index in [2.05, 4.69) is 16.4 Å². The highest BCUT2D eigenvalue weighted by Crippen LogP contribution is 2.25. The van der Waals surface area contributed by atoms with E-state index < -0.39 is 0 Å². The number of amides is 1. The minimum absolute atomic E-state index is 0.0418. The molecule has 1 aliphatic rings. The second-order valence-electron chi connectivity index (χ2n) is 6.40. The molecule has 26 heavy (non-hydrogen) atoms. The number of hydrogen-bond acceptors (Lipinski definition) is 4. The number of nitrogens with zero attached hydrogens (tertiary/aromatic N) is 2. The number of carbonyl (C=O) groups is 1. The number of halogens is 1. The van der Waals surface area contributed by atoms with Crippen LogP contribution in [0.1, 0.15) is 36.9 Å². The first-order chi connectivity index (χ1) is 12.7. The zero-order valence-corrected chi connectivity index (χ0v) is 15.7. The van der Waals surface area contributed by atoms with Crippen molar-refractivity contribution in [1.29, 1.82) is 0 Å². The van der Waals surface area contributed by atoms with Gasteiger partial charge in [-0.3, -0.25) is 4.98 Å². The number of benzene rings is 1. The van der Waals surface area contributed by atoms with Crippen molar-refractivity contribution in [2.24, 2.45) is 0 Å². The minimum atomic E-state index is -0.215. The molecule has 0 aliphatic carbocycles. The smallest absolute Gasteiger partial charge is 0.409 e. The predicted molar refractivity (Wildman–Crippen MR) is 102 cm³/mol. The lowest BCUT2D eigenvalue weighted by Gasteiger charge is -2.34. The molecule has 1 saturated heterocycles. The Morgan fingerprint density at radius 1 is 1.27 bits per heavy atom. The highest BCUT2D eigenvalue weighted by atomic mass is 35.5. The first-order valence-electron chi connectivity index (χ1n) is 9.00. The molecule has 1 aliphatic heterocycles. The van der Waals surface area contributed by atoms with E-state index in [9.17, 15) is 4.79 Å². The van der Waals surface area contributed by atoms with Crippen LogP contribution in [0.4, 0.5) is 4.79 Å². The number of pyridine rings is 1. The molecule has 1 amide bonds. The van der Waals surface area contributed by atoms with Crippen LogP contribution in [-0.2, 0) is 4.74 Å². The molecule has 0 saturated carbocycles. The van der Waals surface area contributed by atoms with Gasteiger partial charge in [-0.1, -0.05) is 29.8 Å². The molecule has 1 N–H and O–H groups in total. The molecule has 1 aromatic carbocycles. The van der Waals surface area contributed by atoms with Gasteiger partial charge in [0.25, 0.3) is 0 Å². The highest BCUT2D eigenvalue weighted by molar-refractivity contribution is 6.30. The van der Waals surface area contributed by atoms with Crippen LogP contribution in [0, 0.1) is 0 Å². The summed E-state index contributed by atoms with van der Waals surface area (Å²) >= 11 is 6.04. The van der Waals surface area contributed by atoms with E-state index in [-0.39, 0.29) is 12.1 Å². The summed E-state index contributed by atoms with van der Waals surface area (Å²) in [6.45, 7) is 3.65. The third-order valence-electron chi connectivity index (χ3n) is 4.64. The molecular weight excluding hydrogens is 350 g/mol. The summed E-state index contributed by atoms with van der Waals surface area (Å²) in [6.07, 6.45) is 5.24. The van der Waals surface area contributed by atoms with Crippen LogP contribution < -0.4 is 5.32 Å². The average molecular weight is 374 g/mol. The van der Waals surface area contributed by atoms with Crippen LogP contribution in [0.15, 0.2) is 48.8 Å². The van der Waals surface area contributed by atoms with Crippen molar-refractivity contribution in [2.75, 3.05) is 19.7 Å². The maximum absolute atomic E-state index is 11.9. The minimum Gasteiger partial charge on any atom is -0.450 e. The average Bonchev–Trinajstić information content (AvgIpc) is 2.68. The Kier molecular flexibility index (Phi) is 6.47. The van der Waals surface area contributed by atoms with E-state index in [4.69, 9.17) is 16.3 Å². The lowest BCUT2D eigenvalue weighted by molar-refractivity contribution is 0.0945. The van der Waals surface area contributed by atoms with E-state index in [1.807, 2.05) is 43.5 Å². The molecular formula is C20H24ClN3O2. The van der Waals surface area contributed by atoms with Gasteiger partial charge in [0.1, 0.15) is 0 Å². The molecule has 1 aromatic heterocycles. The Balaban J connectivity index is 1.69. The third kappa shape index (κ3) is 4.74. The molecule has 2 aromatic rings. The van der Waals surface area contributed by atoms with Gasteiger partial charge in [-0.25, -0.2) is 4.79 Å². The van der Waals surface area contributed by atoms with Crippen LogP contribution in [0.3, 0.4) is 0 Å². The summed E-state index contributed by atoms with van der Waals surface area (Å²) in [7, 11) is 0. The second kappa shape index (κ2) is 9.01. The maximum atomic E-state index is 11.9. The van der Waals surface area contributed by atoms with E-state index in [0.717, 1.165) is 29.0 Å². The number of rotatable bonds is 5. The first kappa shape index (κ1) is 18.7. The molecule has 6 heteroatoms. The van der Waals surface area contributed by atoms with E-state index in [1.54, 1.807) is 11.1 Å². The first-order valence-corrected chi connectivity index (χ1v) is 9.38. The molecule has 1 atom stereocenters. The number of likely N-dealkylation sites (tertiary alicyclic amines) is 1. The Morgan fingerprint density at radius 2 is 2.00 bits per heavy atom. The van der Waals surface area contributed by atoms with Gasteiger partial charge in [-0.05, 0) is 49.1 Å². The van der Waals surface area contributed by atoms with Gasteiger partial charge in [0.05, 0.1) is 12.6 Å². The van der Waals surface area contributed by atoms with Crippen molar-refractivity contribution in [3.8, 4) is 0 Å². The predicted octanol–water partition coefficient (Wildman–Crippen LogP) is 4.03. The Bertz CT molecular complexity index is 701. The van der Waals surface area contributed by atoms with E-state index >= 15 is 0 Å². The fourth-order valence-corrected chi connectivity index (χ4v) is 3.39. The number of carbonyl (C=O) groups excluding carboxylic acids is 1. The monoisotopic (exact) mass is 373 g/mol. The summed E-state index contributed by atoms with van der Waals surface area (Å²) in [5, 5.41) is 4.46. The Morgan fingerprint density at radius 3 is 2.62 bits per heavy atom. The third-order valence-corrected chi connectivity index (χ3v) is 4.90. The zero-order valence-electron chi connectivity index (χ0n) is 14.9. The number of nitrogens with one attached hydrogen (secondary N) is 1. The highest BCUT2D eigenvalue weighted by Gasteiger charge is 2.26. The van der Waals surface area contributed by atoms with Crippen molar-refractivity contribution in [1.82, 2.24) is 15.2 Å². The van der Waals surface area contributed by atoms with E-state index in [0.29, 0.717) is 25.7 Å². The van der Waals surface area contributed by atoms with Gasteiger partial charge in [0.15, 0.2) is 0 Å². The van der Waals surface area contributed by atoms with Crippen molar-refractivity contribution < 1.29 is 9.53 Å². The number of ether oxygens (including phenoxy) is 1. The molecule has 5 nitrogen and oxygen atoms in total. The molecule has 138 valence electrons. The molecule has 0 bridgehead atoms. The largest absolute Gasteiger partial charge is 0.450 e. The summed E-state index contributed by atoms with van der Waals surface area (Å²) in [5.74, 6) is 0. The van der Waals surface area contributed by atoms with Crippen LogP contribution >= 0.6 is 11.6 Å². The lowest BCUT2D eigenvalue weighted by atomic mass is 9.96. The van der Waals surface area contributed by atoms with Gasteiger partial charge in [-0.2, -0.15) is 0 Å². The molecule has 2 heterocycles. The Labute approximate surface area is 159 Å². The summed E-state index contributed by atoms with van der Waals surface area (Å²) in [6, 6.07) is 12.3. The molecule has 3 rings (SSSR count). The molecule has 1 fully saturated rings. The fraction of sp³-hybridized carbons (Fsp3) is 0.400. The Hall–Kier alpha value is -2.11. The van der Waals surface area contributed by atoms with Gasteiger partial charge in [0, 0.05) is 36.5 Å². The topological polar surface area (TPSA) is 54.5 Å². The van der Waals surface area contributed by atoms with Crippen molar-refractivity contribution in [2.45, 2.75) is 31.8 Å². The molecule has 0 radical (unpaired) electrons. The van der Waals surface area contributed by atoms with Crippen LogP contribution in [0.25, 0.3) is 0 Å². The molecule has 0 spiro atoms. The van der Waals surface area contributed by atoms with Crippen molar-refractivity contribution >= 4 is 17.7 Å². The van der Waals surface area contributed by atoms with Gasteiger partial charge >= 0.3 is 6.09 Å². The normalized spacial score (nSPS) is 16.3. The summed E-state index contributed by atoms with van der Waals surface area (Å²) < 4.78 is 5.09. The second-order valence-corrected chi connectivity index (χ2v) is 6.83. The van der Waals surface area contributed by atoms with Crippen LogP contribution in [0.2, 0.25) is 5.02 Å². The van der Waals surface area contributed by atoms with Gasteiger partial charge < -0.3 is 15.0 Å². The summed E-state index contributed by atoms with van der Waals surface area (Å²) in [5.41, 5.74) is 2.26. The van der Waals surface area contributed by atoms with Crippen molar-refractivity contribution in [3.63, 3.8) is 0 Å². The zero-order chi connectivity index (χ0) is 18.4. The number of piperidine rings is 1. The van der Waals surface area contributed by atoms with Crippen molar-refractivity contribution in [3.05, 3.63) is 64.9 Å². The maximum Gasteiger partial charge on any atom is 0.409 e. The van der Waals surface area contributed by atoms with Crippen LogP contribution in [0.5, 0.6) is 0 Å². The quantitative estimate of drug-likeness (QED) is 0.859. The van der Waals surface area contributed by atoms with Gasteiger partial charge in [0.2, 0.25) is 0 Å². The van der Waals surface area contributed by atoms with Crippen LogP contribution in [-0.4, -0.2) is 41.7 Å². The van der Waals surface area contributed by atoms with E-state index in [1.165, 1.54) is 0 Å².